The van der Waals surface area contributed by atoms with Gasteiger partial charge in [0.05, 0.1) is 18.7 Å². The lowest BCUT2D eigenvalue weighted by Gasteiger charge is -2.11. The van der Waals surface area contributed by atoms with Crippen molar-refractivity contribution in [1.29, 1.82) is 0 Å². The zero-order chi connectivity index (χ0) is 19.3. The van der Waals surface area contributed by atoms with Gasteiger partial charge >= 0.3 is 0 Å². The summed E-state index contributed by atoms with van der Waals surface area (Å²) >= 11 is 1.70. The molecule has 144 valence electrons. The second-order valence-corrected chi connectivity index (χ2v) is 7.51. The number of para-hydroxylation sites is 3. The molecule has 2 aromatic heterocycles. The highest BCUT2D eigenvalue weighted by Crippen LogP contribution is 2.28. The van der Waals surface area contributed by atoms with Crippen molar-refractivity contribution in [1.82, 2.24) is 14.6 Å². The van der Waals surface area contributed by atoms with Crippen LogP contribution in [0.1, 0.15) is 18.9 Å². The molecule has 0 amide bonds. The normalized spacial score (nSPS) is 11.2. The monoisotopic (exact) mass is 393 g/mol. The molecule has 0 saturated carbocycles. The van der Waals surface area contributed by atoms with Crippen LogP contribution in [0.25, 0.3) is 16.6 Å². The van der Waals surface area contributed by atoms with Gasteiger partial charge in [-0.2, -0.15) is 0 Å². The number of hydrogen-bond donors (Lipinski definition) is 0. The van der Waals surface area contributed by atoms with Gasteiger partial charge in [0, 0.05) is 11.1 Å². The van der Waals surface area contributed by atoms with Crippen molar-refractivity contribution in [2.24, 2.45) is 0 Å². The molecule has 2 aromatic carbocycles. The fourth-order valence-corrected chi connectivity index (χ4v) is 4.08. The van der Waals surface area contributed by atoms with Crippen LogP contribution in [0.4, 0.5) is 0 Å². The van der Waals surface area contributed by atoms with Crippen molar-refractivity contribution < 1.29 is 9.47 Å². The van der Waals surface area contributed by atoms with Crippen molar-refractivity contribution >= 4 is 28.3 Å². The molecular weight excluding hydrogens is 370 g/mol. The minimum absolute atomic E-state index is 0.629. The Bertz CT molecular complexity index is 1090. The third-order valence-electron chi connectivity index (χ3n) is 4.50. The fraction of sp³-hybridized carbons (Fsp3) is 0.273. The Hall–Kier alpha value is -2.73. The van der Waals surface area contributed by atoms with Crippen molar-refractivity contribution in [3.8, 4) is 11.5 Å². The summed E-state index contributed by atoms with van der Waals surface area (Å²) in [4.78, 5) is 0. The molecular formula is C22H23N3O2S. The van der Waals surface area contributed by atoms with Crippen molar-refractivity contribution in [2.45, 2.75) is 25.4 Å². The van der Waals surface area contributed by atoms with E-state index in [2.05, 4.69) is 51.9 Å². The molecule has 0 aliphatic heterocycles. The highest BCUT2D eigenvalue weighted by atomic mass is 32.2. The highest BCUT2D eigenvalue weighted by molar-refractivity contribution is 7.99. The third kappa shape index (κ3) is 3.78. The average Bonchev–Trinajstić information content (AvgIpc) is 3.12. The number of hydrogen-bond acceptors (Lipinski definition) is 5. The van der Waals surface area contributed by atoms with Gasteiger partial charge in [-0.3, -0.25) is 4.40 Å². The number of rotatable bonds is 8. The molecule has 0 aliphatic carbocycles. The lowest BCUT2D eigenvalue weighted by atomic mass is 10.1. The van der Waals surface area contributed by atoms with E-state index in [0.717, 1.165) is 40.0 Å². The molecule has 0 N–H and O–H groups in total. The van der Waals surface area contributed by atoms with E-state index in [9.17, 15) is 0 Å². The Kier molecular flexibility index (Phi) is 5.67. The maximum atomic E-state index is 5.90. The predicted octanol–water partition coefficient (Wildman–Crippen LogP) is 5.15. The highest BCUT2D eigenvalue weighted by Gasteiger charge is 2.11. The minimum Gasteiger partial charge on any atom is -0.490 e. The molecule has 0 atom stereocenters. The van der Waals surface area contributed by atoms with E-state index in [1.807, 2.05) is 31.2 Å². The van der Waals surface area contributed by atoms with E-state index in [1.54, 1.807) is 11.8 Å². The largest absolute Gasteiger partial charge is 0.490 e. The summed E-state index contributed by atoms with van der Waals surface area (Å²) in [5, 5.41) is 10.9. The molecule has 6 heteroatoms. The smallest absolute Gasteiger partial charge is 0.196 e. The molecule has 0 bridgehead atoms. The summed E-state index contributed by atoms with van der Waals surface area (Å²) < 4.78 is 13.6. The molecule has 2 heterocycles. The molecule has 4 rings (SSSR count). The van der Waals surface area contributed by atoms with Gasteiger partial charge in [0.15, 0.2) is 22.3 Å². The maximum Gasteiger partial charge on any atom is 0.196 e. The maximum absolute atomic E-state index is 5.90. The number of benzene rings is 2. The van der Waals surface area contributed by atoms with Gasteiger partial charge < -0.3 is 9.47 Å². The van der Waals surface area contributed by atoms with Crippen molar-refractivity contribution in [3.05, 3.63) is 60.2 Å². The molecule has 0 radical (unpaired) electrons. The van der Waals surface area contributed by atoms with E-state index >= 15 is 0 Å². The summed E-state index contributed by atoms with van der Waals surface area (Å²) in [5.41, 5.74) is 3.25. The number of pyridine rings is 1. The van der Waals surface area contributed by atoms with Crippen LogP contribution in [0.15, 0.2) is 59.8 Å². The molecule has 0 fully saturated rings. The zero-order valence-corrected chi connectivity index (χ0v) is 16.9. The number of nitrogens with zero attached hydrogens (tertiary/aromatic N) is 3. The lowest BCUT2D eigenvalue weighted by Crippen LogP contribution is -2.02. The van der Waals surface area contributed by atoms with Gasteiger partial charge in [0.25, 0.3) is 0 Å². The van der Waals surface area contributed by atoms with E-state index in [4.69, 9.17) is 9.47 Å². The van der Waals surface area contributed by atoms with Crippen molar-refractivity contribution in [3.63, 3.8) is 0 Å². The van der Waals surface area contributed by atoms with Gasteiger partial charge in [-0.1, -0.05) is 42.1 Å². The number of aryl methyl sites for hydroxylation is 1. The first kappa shape index (κ1) is 18.6. The second-order valence-electron chi connectivity index (χ2n) is 6.45. The third-order valence-corrected chi connectivity index (χ3v) is 5.52. The van der Waals surface area contributed by atoms with Crippen LogP contribution in [-0.4, -0.2) is 33.6 Å². The molecule has 0 aliphatic rings. The van der Waals surface area contributed by atoms with Gasteiger partial charge in [-0.25, -0.2) is 0 Å². The summed E-state index contributed by atoms with van der Waals surface area (Å²) in [6.45, 7) is 5.35. The molecule has 5 nitrogen and oxygen atoms in total. The van der Waals surface area contributed by atoms with Crippen LogP contribution in [-0.2, 0) is 0 Å². The summed E-state index contributed by atoms with van der Waals surface area (Å²) in [5.74, 6) is 2.49. The molecule has 0 unspecified atom stereocenters. The first-order valence-electron chi connectivity index (χ1n) is 9.49. The number of ether oxygens (including phenoxy) is 2. The topological polar surface area (TPSA) is 48.7 Å². The number of fused-ring (bicyclic) bond motifs is 3. The quantitative estimate of drug-likeness (QED) is 0.306. The lowest BCUT2D eigenvalue weighted by molar-refractivity contribution is 0.277. The van der Waals surface area contributed by atoms with Gasteiger partial charge in [-0.05, 0) is 50.1 Å². The van der Waals surface area contributed by atoms with Crippen LogP contribution < -0.4 is 9.47 Å². The predicted molar refractivity (Wildman–Crippen MR) is 114 cm³/mol. The van der Waals surface area contributed by atoms with E-state index in [1.165, 1.54) is 10.9 Å². The number of aromatic nitrogens is 3. The molecule has 4 aromatic rings. The van der Waals surface area contributed by atoms with Crippen LogP contribution >= 0.6 is 11.8 Å². The van der Waals surface area contributed by atoms with Gasteiger partial charge in [0.1, 0.15) is 0 Å². The van der Waals surface area contributed by atoms with Crippen LogP contribution in [0.3, 0.4) is 0 Å². The molecule has 28 heavy (non-hydrogen) atoms. The Morgan fingerprint density at radius 3 is 2.54 bits per heavy atom. The first-order chi connectivity index (χ1) is 13.8. The Morgan fingerprint density at radius 1 is 0.964 bits per heavy atom. The fourth-order valence-electron chi connectivity index (χ4n) is 3.22. The zero-order valence-electron chi connectivity index (χ0n) is 16.1. The summed E-state index contributed by atoms with van der Waals surface area (Å²) in [6, 6.07) is 18.3. The van der Waals surface area contributed by atoms with E-state index in [0.29, 0.717) is 13.2 Å². The number of thioether (sulfide) groups is 1. The summed E-state index contributed by atoms with van der Waals surface area (Å²) in [7, 11) is 0. The van der Waals surface area contributed by atoms with Crippen LogP contribution in [0.2, 0.25) is 0 Å². The van der Waals surface area contributed by atoms with Gasteiger partial charge in [-0.15, -0.1) is 10.2 Å². The van der Waals surface area contributed by atoms with E-state index in [-0.39, 0.29) is 0 Å². The first-order valence-corrected chi connectivity index (χ1v) is 10.5. The standard InChI is InChI=1S/C22H23N3O2S/c1-3-26-19-11-6-7-12-20(19)27-13-8-14-28-22-24-23-21-15-16(2)17-9-4-5-10-18(17)25(21)22/h4-7,9-12,15H,3,8,13-14H2,1-2H3. The second kappa shape index (κ2) is 8.52. The summed E-state index contributed by atoms with van der Waals surface area (Å²) in [6.07, 6.45) is 0.907. The van der Waals surface area contributed by atoms with E-state index < -0.39 is 0 Å². The molecule has 0 saturated heterocycles. The SMILES string of the molecule is CCOc1ccccc1OCCCSc1nnc2cc(C)c3ccccc3n12. The molecule has 0 spiro atoms. The Balaban J connectivity index is 1.41. The average molecular weight is 394 g/mol. The van der Waals surface area contributed by atoms with Gasteiger partial charge in [0.2, 0.25) is 0 Å². The van der Waals surface area contributed by atoms with Crippen LogP contribution in [0.5, 0.6) is 11.5 Å². The van der Waals surface area contributed by atoms with Crippen molar-refractivity contribution in [2.75, 3.05) is 19.0 Å². The van der Waals surface area contributed by atoms with Crippen LogP contribution in [0, 0.1) is 6.92 Å². The minimum atomic E-state index is 0.629. The Labute approximate surface area is 168 Å². The Morgan fingerprint density at radius 2 is 1.71 bits per heavy atom.